The number of halogens is 3. The molecule has 0 saturated heterocycles. The molecule has 0 spiro atoms. The third-order valence-electron chi connectivity index (χ3n) is 5.23. The SMILES string of the molecule is O=C(NCCC(=O)N1CCc2cc(NC(=O)c3ocnc3C(F)(F)F)ccc21)Nc1ccccc1. The van der Waals surface area contributed by atoms with Crippen molar-refractivity contribution in [1.29, 1.82) is 0 Å². The number of urea groups is 1. The maximum absolute atomic E-state index is 12.9. The smallest absolute Gasteiger partial charge is 0.437 e. The Morgan fingerprint density at radius 1 is 1.03 bits per heavy atom. The van der Waals surface area contributed by atoms with Gasteiger partial charge < -0.3 is 25.3 Å². The molecule has 0 bridgehead atoms. The van der Waals surface area contributed by atoms with Crippen LogP contribution in [0.4, 0.5) is 35.0 Å². The molecule has 1 aromatic heterocycles. The van der Waals surface area contributed by atoms with E-state index >= 15 is 0 Å². The fourth-order valence-electron chi connectivity index (χ4n) is 3.65. The minimum atomic E-state index is -4.82. The van der Waals surface area contributed by atoms with Crippen molar-refractivity contribution in [3.8, 4) is 0 Å². The number of aromatic nitrogens is 1. The molecule has 0 aliphatic carbocycles. The van der Waals surface area contributed by atoms with Crippen molar-refractivity contribution >= 4 is 34.9 Å². The number of nitrogens with zero attached hydrogens (tertiary/aromatic N) is 2. The number of hydrogen-bond acceptors (Lipinski definition) is 5. The average molecular weight is 487 g/mol. The molecular formula is C23H20F3N5O4. The van der Waals surface area contributed by atoms with Crippen molar-refractivity contribution in [2.75, 3.05) is 28.6 Å². The largest absolute Gasteiger partial charge is 0.438 e. The van der Waals surface area contributed by atoms with Crippen LogP contribution in [-0.4, -0.2) is 35.9 Å². The van der Waals surface area contributed by atoms with Crippen LogP contribution >= 0.6 is 0 Å². The Labute approximate surface area is 197 Å². The first kappa shape index (κ1) is 23.8. The van der Waals surface area contributed by atoms with Gasteiger partial charge in [0, 0.05) is 36.6 Å². The molecule has 1 aliphatic rings. The fourth-order valence-corrected chi connectivity index (χ4v) is 3.65. The molecule has 2 heterocycles. The summed E-state index contributed by atoms with van der Waals surface area (Å²) in [5, 5.41) is 7.66. The van der Waals surface area contributed by atoms with E-state index in [-0.39, 0.29) is 24.6 Å². The molecule has 0 fully saturated rings. The van der Waals surface area contributed by atoms with Crippen LogP contribution in [-0.2, 0) is 17.4 Å². The number of rotatable bonds is 6. The zero-order valence-electron chi connectivity index (χ0n) is 18.2. The van der Waals surface area contributed by atoms with Crippen LogP contribution < -0.4 is 20.9 Å². The number of hydrogen-bond donors (Lipinski definition) is 3. The number of amides is 4. The third-order valence-corrected chi connectivity index (χ3v) is 5.23. The van der Waals surface area contributed by atoms with Crippen molar-refractivity contribution in [3.05, 3.63) is 71.9 Å². The lowest BCUT2D eigenvalue weighted by Gasteiger charge is -2.18. The summed E-state index contributed by atoms with van der Waals surface area (Å²) in [7, 11) is 0. The molecule has 4 rings (SSSR count). The minimum Gasteiger partial charge on any atom is -0.438 e. The van der Waals surface area contributed by atoms with Crippen LogP contribution in [0, 0.1) is 0 Å². The van der Waals surface area contributed by atoms with Crippen molar-refractivity contribution in [1.82, 2.24) is 10.3 Å². The van der Waals surface area contributed by atoms with Gasteiger partial charge in [-0.2, -0.15) is 13.2 Å². The summed E-state index contributed by atoms with van der Waals surface area (Å²) in [4.78, 5) is 41.5. The van der Waals surface area contributed by atoms with Gasteiger partial charge in [0.2, 0.25) is 11.7 Å². The number of para-hydroxylation sites is 1. The number of oxazole rings is 1. The van der Waals surface area contributed by atoms with Crippen LogP contribution in [0.25, 0.3) is 0 Å². The summed E-state index contributed by atoms with van der Waals surface area (Å²) >= 11 is 0. The first-order valence-corrected chi connectivity index (χ1v) is 10.6. The van der Waals surface area contributed by atoms with Gasteiger partial charge in [0.15, 0.2) is 12.1 Å². The van der Waals surface area contributed by atoms with Gasteiger partial charge >= 0.3 is 12.2 Å². The molecule has 9 nitrogen and oxygen atoms in total. The lowest BCUT2D eigenvalue weighted by molar-refractivity contribution is -0.141. The third kappa shape index (κ3) is 5.60. The number of carbonyl (C=O) groups is 3. The molecular weight excluding hydrogens is 467 g/mol. The molecule has 4 amide bonds. The van der Waals surface area contributed by atoms with E-state index in [4.69, 9.17) is 0 Å². The normalized spacial score (nSPS) is 12.7. The van der Waals surface area contributed by atoms with Crippen LogP contribution in [0.3, 0.4) is 0 Å². The second-order valence-electron chi connectivity index (χ2n) is 7.62. The van der Waals surface area contributed by atoms with Gasteiger partial charge in [-0.3, -0.25) is 9.59 Å². The van der Waals surface area contributed by atoms with Crippen molar-refractivity contribution in [2.45, 2.75) is 19.0 Å². The van der Waals surface area contributed by atoms with Crippen LogP contribution in [0.15, 0.2) is 59.3 Å². The van der Waals surface area contributed by atoms with Crippen LogP contribution in [0.5, 0.6) is 0 Å². The van der Waals surface area contributed by atoms with Gasteiger partial charge in [0.25, 0.3) is 5.91 Å². The molecule has 0 atom stereocenters. The predicted molar refractivity (Wildman–Crippen MR) is 120 cm³/mol. The van der Waals surface area contributed by atoms with E-state index in [1.807, 2.05) is 6.07 Å². The second kappa shape index (κ2) is 9.87. The molecule has 2 aromatic carbocycles. The van der Waals surface area contributed by atoms with E-state index in [1.54, 1.807) is 41.3 Å². The summed E-state index contributed by atoms with van der Waals surface area (Å²) in [6.07, 6.45) is -3.69. The Morgan fingerprint density at radius 3 is 2.54 bits per heavy atom. The Balaban J connectivity index is 1.32. The first-order valence-electron chi connectivity index (χ1n) is 10.6. The summed E-state index contributed by atoms with van der Waals surface area (Å²) < 4.78 is 43.5. The molecule has 182 valence electrons. The number of anilines is 3. The monoisotopic (exact) mass is 487 g/mol. The maximum atomic E-state index is 12.9. The van der Waals surface area contributed by atoms with Gasteiger partial charge in [-0.1, -0.05) is 18.2 Å². The first-order chi connectivity index (χ1) is 16.7. The van der Waals surface area contributed by atoms with E-state index in [9.17, 15) is 27.6 Å². The highest BCUT2D eigenvalue weighted by atomic mass is 19.4. The average Bonchev–Trinajstić information content (AvgIpc) is 3.47. The van der Waals surface area contributed by atoms with Crippen molar-refractivity contribution in [2.24, 2.45) is 0 Å². The summed E-state index contributed by atoms with van der Waals surface area (Å²) in [5.41, 5.74) is 0.869. The lowest BCUT2D eigenvalue weighted by Crippen LogP contribution is -2.35. The summed E-state index contributed by atoms with van der Waals surface area (Å²) in [6.45, 7) is 0.540. The molecule has 0 saturated carbocycles. The Bertz CT molecular complexity index is 1240. The zero-order chi connectivity index (χ0) is 25.0. The summed E-state index contributed by atoms with van der Waals surface area (Å²) in [5.74, 6) is -2.21. The van der Waals surface area contributed by atoms with Gasteiger partial charge in [-0.25, -0.2) is 9.78 Å². The highest BCUT2D eigenvalue weighted by Gasteiger charge is 2.40. The number of nitrogens with one attached hydrogen (secondary N) is 3. The quantitative estimate of drug-likeness (QED) is 0.485. The number of fused-ring (bicyclic) bond motifs is 1. The molecule has 3 N–H and O–H groups in total. The van der Waals surface area contributed by atoms with E-state index in [2.05, 4.69) is 25.4 Å². The summed E-state index contributed by atoms with van der Waals surface area (Å²) in [6, 6.07) is 13.1. The van der Waals surface area contributed by atoms with Crippen molar-refractivity contribution < 1.29 is 32.0 Å². The van der Waals surface area contributed by atoms with E-state index in [0.717, 1.165) is 5.56 Å². The maximum Gasteiger partial charge on any atom is 0.437 e. The fraction of sp³-hybridized carbons (Fsp3) is 0.217. The van der Waals surface area contributed by atoms with E-state index < -0.39 is 29.6 Å². The Hall–Kier alpha value is -4.35. The van der Waals surface area contributed by atoms with Crippen molar-refractivity contribution in [3.63, 3.8) is 0 Å². The molecule has 0 unspecified atom stereocenters. The molecule has 0 radical (unpaired) electrons. The zero-order valence-corrected chi connectivity index (χ0v) is 18.2. The van der Waals surface area contributed by atoms with Crippen LogP contribution in [0.1, 0.15) is 28.2 Å². The number of benzene rings is 2. The number of alkyl halides is 3. The lowest BCUT2D eigenvalue weighted by atomic mass is 10.1. The topological polar surface area (TPSA) is 117 Å². The predicted octanol–water partition coefficient (Wildman–Crippen LogP) is 4.05. The van der Waals surface area contributed by atoms with E-state index in [1.165, 1.54) is 6.07 Å². The van der Waals surface area contributed by atoms with Gasteiger partial charge in [-0.15, -0.1) is 0 Å². The number of carbonyl (C=O) groups excluding carboxylic acids is 3. The van der Waals surface area contributed by atoms with Gasteiger partial charge in [0.1, 0.15) is 0 Å². The highest BCUT2D eigenvalue weighted by molar-refractivity contribution is 6.03. The molecule has 3 aromatic rings. The van der Waals surface area contributed by atoms with Gasteiger partial charge in [-0.05, 0) is 42.3 Å². The molecule has 1 aliphatic heterocycles. The Kier molecular flexibility index (Phi) is 6.71. The molecule has 35 heavy (non-hydrogen) atoms. The van der Waals surface area contributed by atoms with Crippen LogP contribution in [0.2, 0.25) is 0 Å². The second-order valence-corrected chi connectivity index (χ2v) is 7.62. The highest BCUT2D eigenvalue weighted by Crippen LogP contribution is 2.33. The van der Waals surface area contributed by atoms with E-state index in [0.29, 0.717) is 30.7 Å². The standard InChI is InChI=1S/C23H20F3N5O4/c24-23(25,26)20-19(35-13-28-20)21(33)29-16-6-7-17-14(12-16)9-11-31(17)18(32)8-10-27-22(34)30-15-4-2-1-3-5-15/h1-7,12-13H,8-11H2,(H,29,33)(H2,27,30,34). The Morgan fingerprint density at radius 2 is 1.80 bits per heavy atom. The minimum absolute atomic E-state index is 0.0752. The molecule has 12 heteroatoms. The van der Waals surface area contributed by atoms with Gasteiger partial charge in [0.05, 0.1) is 0 Å².